The highest BCUT2D eigenvalue weighted by Crippen LogP contribution is 2.19. The summed E-state index contributed by atoms with van der Waals surface area (Å²) in [6.07, 6.45) is 0. The first-order valence-electron chi connectivity index (χ1n) is 7.68. The Morgan fingerprint density at radius 2 is 1.96 bits per heavy atom. The number of anilines is 1. The quantitative estimate of drug-likeness (QED) is 0.681. The first-order chi connectivity index (χ1) is 12.5. The molecule has 0 atom stereocenters. The minimum absolute atomic E-state index is 0.175. The van der Waals surface area contributed by atoms with Crippen LogP contribution >= 0.6 is 0 Å². The summed E-state index contributed by atoms with van der Waals surface area (Å²) in [5.41, 5.74) is 6.92. The van der Waals surface area contributed by atoms with E-state index in [1.807, 2.05) is 6.07 Å². The zero-order valence-corrected chi connectivity index (χ0v) is 13.9. The standard InChI is InChI=1S/C17H16N6O3/c1-23-17(20-21-22-23)12-3-2-4-13(9-12)19-15(24)10-26-14-7-5-11(6-8-14)16(18)25/h2-9H,10H2,1H3,(H2,18,25)(H,19,24). The van der Waals surface area contributed by atoms with Crippen LogP contribution in [0.1, 0.15) is 10.4 Å². The fraction of sp³-hybridized carbons (Fsp3) is 0.118. The van der Waals surface area contributed by atoms with Gasteiger partial charge >= 0.3 is 0 Å². The normalized spacial score (nSPS) is 10.3. The van der Waals surface area contributed by atoms with Gasteiger partial charge in [-0.15, -0.1) is 5.10 Å². The first kappa shape index (κ1) is 17.1. The van der Waals surface area contributed by atoms with Gasteiger partial charge in [-0.05, 0) is 46.8 Å². The molecule has 1 aromatic heterocycles. The number of hydrogen-bond donors (Lipinski definition) is 2. The van der Waals surface area contributed by atoms with Crippen LogP contribution in [0.15, 0.2) is 48.5 Å². The molecule has 0 bridgehead atoms. The molecule has 0 saturated heterocycles. The molecule has 0 spiro atoms. The number of tetrazole rings is 1. The maximum Gasteiger partial charge on any atom is 0.262 e. The van der Waals surface area contributed by atoms with Crippen LogP contribution in [-0.4, -0.2) is 38.6 Å². The minimum atomic E-state index is -0.521. The topological polar surface area (TPSA) is 125 Å². The zero-order valence-electron chi connectivity index (χ0n) is 13.9. The van der Waals surface area contributed by atoms with E-state index in [1.165, 1.54) is 12.1 Å². The van der Waals surface area contributed by atoms with Crippen LogP contribution in [0.4, 0.5) is 5.69 Å². The molecule has 9 heteroatoms. The van der Waals surface area contributed by atoms with Gasteiger partial charge in [0, 0.05) is 23.9 Å². The average molecular weight is 352 g/mol. The van der Waals surface area contributed by atoms with E-state index < -0.39 is 5.91 Å². The summed E-state index contributed by atoms with van der Waals surface area (Å²) in [4.78, 5) is 23.1. The third-order valence-electron chi connectivity index (χ3n) is 3.53. The van der Waals surface area contributed by atoms with E-state index in [9.17, 15) is 9.59 Å². The lowest BCUT2D eigenvalue weighted by Gasteiger charge is -2.09. The van der Waals surface area contributed by atoms with Crippen LogP contribution in [0, 0.1) is 0 Å². The molecule has 0 radical (unpaired) electrons. The molecule has 3 aromatic rings. The van der Waals surface area contributed by atoms with Crippen LogP contribution in [0.3, 0.4) is 0 Å². The Labute approximate surface area is 148 Å². The van der Waals surface area contributed by atoms with E-state index in [0.717, 1.165) is 5.56 Å². The second-order valence-corrected chi connectivity index (χ2v) is 5.43. The van der Waals surface area contributed by atoms with E-state index >= 15 is 0 Å². The Morgan fingerprint density at radius 1 is 1.19 bits per heavy atom. The van der Waals surface area contributed by atoms with Gasteiger partial charge in [-0.1, -0.05) is 12.1 Å². The van der Waals surface area contributed by atoms with Crippen molar-refractivity contribution in [3.05, 3.63) is 54.1 Å². The SMILES string of the molecule is Cn1nnnc1-c1cccc(NC(=O)COc2ccc(C(N)=O)cc2)c1. The van der Waals surface area contributed by atoms with E-state index in [-0.39, 0.29) is 12.5 Å². The number of nitrogens with one attached hydrogen (secondary N) is 1. The lowest BCUT2D eigenvalue weighted by atomic mass is 10.2. The molecule has 132 valence electrons. The van der Waals surface area contributed by atoms with Gasteiger partial charge in [0.1, 0.15) is 5.75 Å². The number of aryl methyl sites for hydroxylation is 1. The van der Waals surface area contributed by atoms with Crippen molar-refractivity contribution < 1.29 is 14.3 Å². The maximum atomic E-state index is 12.1. The van der Waals surface area contributed by atoms with Crippen molar-refractivity contribution in [1.29, 1.82) is 0 Å². The second kappa shape index (κ2) is 7.43. The molecular formula is C17H16N6O3. The van der Waals surface area contributed by atoms with Crippen LogP contribution in [0.2, 0.25) is 0 Å². The molecule has 0 aliphatic carbocycles. The van der Waals surface area contributed by atoms with E-state index in [1.54, 1.807) is 42.1 Å². The maximum absolute atomic E-state index is 12.1. The highest BCUT2D eigenvalue weighted by molar-refractivity contribution is 5.93. The van der Waals surface area contributed by atoms with E-state index in [2.05, 4.69) is 20.8 Å². The number of rotatable bonds is 6. The summed E-state index contributed by atoms with van der Waals surface area (Å²) in [5.74, 6) is 0.209. The lowest BCUT2D eigenvalue weighted by molar-refractivity contribution is -0.118. The van der Waals surface area contributed by atoms with Crippen molar-refractivity contribution in [2.75, 3.05) is 11.9 Å². The summed E-state index contributed by atoms with van der Waals surface area (Å²) >= 11 is 0. The number of amides is 2. The van der Waals surface area contributed by atoms with Crippen molar-refractivity contribution >= 4 is 17.5 Å². The molecule has 0 unspecified atom stereocenters. The number of ether oxygens (including phenoxy) is 1. The number of aromatic nitrogens is 4. The van der Waals surface area contributed by atoms with Crippen LogP contribution < -0.4 is 15.8 Å². The fourth-order valence-corrected chi connectivity index (χ4v) is 2.27. The number of nitrogens with zero attached hydrogens (tertiary/aromatic N) is 4. The number of carbonyl (C=O) groups excluding carboxylic acids is 2. The molecule has 0 saturated carbocycles. The van der Waals surface area contributed by atoms with Crippen molar-refractivity contribution in [2.45, 2.75) is 0 Å². The number of benzene rings is 2. The summed E-state index contributed by atoms with van der Waals surface area (Å²) in [6.45, 7) is -0.175. The Balaban J connectivity index is 1.60. The summed E-state index contributed by atoms with van der Waals surface area (Å²) in [5, 5.41) is 14.1. The molecule has 2 amide bonds. The number of carbonyl (C=O) groups is 2. The molecule has 9 nitrogen and oxygen atoms in total. The monoisotopic (exact) mass is 352 g/mol. The first-order valence-corrected chi connectivity index (χ1v) is 7.68. The van der Waals surface area contributed by atoms with Crippen molar-refractivity contribution in [3.8, 4) is 17.1 Å². The van der Waals surface area contributed by atoms with Gasteiger partial charge in [-0.3, -0.25) is 9.59 Å². The zero-order chi connectivity index (χ0) is 18.5. The van der Waals surface area contributed by atoms with Crippen molar-refractivity contribution in [1.82, 2.24) is 20.2 Å². The molecular weight excluding hydrogens is 336 g/mol. The third kappa shape index (κ3) is 4.01. The number of hydrogen-bond acceptors (Lipinski definition) is 6. The third-order valence-corrected chi connectivity index (χ3v) is 3.53. The smallest absolute Gasteiger partial charge is 0.262 e. The lowest BCUT2D eigenvalue weighted by Crippen LogP contribution is -2.20. The predicted molar refractivity (Wildman–Crippen MR) is 93.3 cm³/mol. The molecule has 26 heavy (non-hydrogen) atoms. The molecule has 0 fully saturated rings. The van der Waals surface area contributed by atoms with Crippen LogP contribution in [0.5, 0.6) is 5.75 Å². The summed E-state index contributed by atoms with van der Waals surface area (Å²) in [6, 6.07) is 13.4. The van der Waals surface area contributed by atoms with E-state index in [0.29, 0.717) is 22.8 Å². The van der Waals surface area contributed by atoms with Crippen molar-refractivity contribution in [2.24, 2.45) is 12.8 Å². The second-order valence-electron chi connectivity index (χ2n) is 5.43. The van der Waals surface area contributed by atoms with E-state index in [4.69, 9.17) is 10.5 Å². The Morgan fingerprint density at radius 3 is 2.62 bits per heavy atom. The van der Waals surface area contributed by atoms with Crippen molar-refractivity contribution in [3.63, 3.8) is 0 Å². The van der Waals surface area contributed by atoms with Gasteiger partial charge in [0.25, 0.3) is 5.91 Å². The Kier molecular flexibility index (Phi) is 4.88. The molecule has 1 heterocycles. The number of nitrogens with two attached hydrogens (primary N) is 1. The van der Waals surface area contributed by atoms with Crippen LogP contribution in [-0.2, 0) is 11.8 Å². The largest absolute Gasteiger partial charge is 0.484 e. The summed E-state index contributed by atoms with van der Waals surface area (Å²) in [7, 11) is 1.73. The van der Waals surface area contributed by atoms with Gasteiger partial charge in [-0.25, -0.2) is 4.68 Å². The van der Waals surface area contributed by atoms with Gasteiger partial charge in [0.15, 0.2) is 12.4 Å². The summed E-state index contributed by atoms with van der Waals surface area (Å²) < 4.78 is 6.94. The Hall–Kier alpha value is -3.75. The highest BCUT2D eigenvalue weighted by Gasteiger charge is 2.09. The molecule has 0 aliphatic heterocycles. The fourth-order valence-electron chi connectivity index (χ4n) is 2.27. The van der Waals surface area contributed by atoms with Gasteiger partial charge in [0.2, 0.25) is 5.91 Å². The minimum Gasteiger partial charge on any atom is -0.484 e. The van der Waals surface area contributed by atoms with Gasteiger partial charge < -0.3 is 15.8 Å². The van der Waals surface area contributed by atoms with Gasteiger partial charge in [-0.2, -0.15) is 0 Å². The number of primary amides is 1. The highest BCUT2D eigenvalue weighted by atomic mass is 16.5. The molecule has 3 rings (SSSR count). The Bertz CT molecular complexity index is 936. The average Bonchev–Trinajstić information content (AvgIpc) is 3.06. The molecule has 3 N–H and O–H groups in total. The molecule has 2 aromatic carbocycles. The van der Waals surface area contributed by atoms with Gasteiger partial charge in [0.05, 0.1) is 0 Å². The molecule has 0 aliphatic rings. The van der Waals surface area contributed by atoms with Crippen LogP contribution in [0.25, 0.3) is 11.4 Å². The predicted octanol–water partition coefficient (Wildman–Crippen LogP) is 0.993.